The molecule has 0 fully saturated rings. The Kier molecular flexibility index (Phi) is 3.56. The van der Waals surface area contributed by atoms with E-state index in [0.29, 0.717) is 6.42 Å². The summed E-state index contributed by atoms with van der Waals surface area (Å²) >= 11 is 1.61. The van der Waals surface area contributed by atoms with Crippen LogP contribution in [0, 0.1) is 13.8 Å². The molecule has 2 aromatic heterocycles. The lowest BCUT2D eigenvalue weighted by Crippen LogP contribution is -2.39. The molecule has 2 heterocycles. The molecule has 0 radical (unpaired) electrons. The van der Waals surface area contributed by atoms with E-state index in [0.717, 1.165) is 40.5 Å². The van der Waals surface area contributed by atoms with E-state index in [-0.39, 0.29) is 11.9 Å². The van der Waals surface area contributed by atoms with E-state index < -0.39 is 0 Å². The van der Waals surface area contributed by atoms with Crippen LogP contribution in [0.4, 0.5) is 0 Å². The van der Waals surface area contributed by atoms with Gasteiger partial charge < -0.3 is 5.32 Å². The van der Waals surface area contributed by atoms with E-state index in [1.807, 2.05) is 20.0 Å². The van der Waals surface area contributed by atoms with Crippen molar-refractivity contribution in [2.24, 2.45) is 0 Å². The number of nitrogens with zero attached hydrogens (tertiary/aromatic N) is 2. The molecule has 0 unspecified atom stereocenters. The Balaban J connectivity index is 1.59. The van der Waals surface area contributed by atoms with Gasteiger partial charge in [0.2, 0.25) is 5.91 Å². The van der Waals surface area contributed by atoms with Crippen LogP contribution in [0.25, 0.3) is 0 Å². The Hall–Kier alpha value is -1.69. The molecule has 3 rings (SSSR count). The summed E-state index contributed by atoms with van der Waals surface area (Å²) < 4.78 is 0. The minimum absolute atomic E-state index is 0.0877. The second-order valence-corrected chi connectivity index (χ2v) is 6.59. The first-order chi connectivity index (χ1) is 9.61. The number of amides is 1. The van der Waals surface area contributed by atoms with E-state index in [1.54, 1.807) is 11.3 Å². The fourth-order valence-electron chi connectivity index (χ4n) is 2.69. The van der Waals surface area contributed by atoms with E-state index >= 15 is 0 Å². The number of aromatic nitrogens is 3. The zero-order valence-electron chi connectivity index (χ0n) is 11.7. The smallest absolute Gasteiger partial charge is 0.225 e. The Morgan fingerprint density at radius 1 is 1.55 bits per heavy atom. The van der Waals surface area contributed by atoms with Crippen molar-refractivity contribution in [1.82, 2.24) is 20.5 Å². The second kappa shape index (κ2) is 5.36. The molecule has 0 bridgehead atoms. The van der Waals surface area contributed by atoms with Gasteiger partial charge in [-0.3, -0.25) is 9.89 Å². The molecule has 1 atom stereocenters. The molecule has 1 amide bonds. The Morgan fingerprint density at radius 3 is 3.15 bits per heavy atom. The van der Waals surface area contributed by atoms with Crippen molar-refractivity contribution in [3.8, 4) is 0 Å². The third-order valence-corrected chi connectivity index (χ3v) is 4.78. The van der Waals surface area contributed by atoms with Crippen molar-refractivity contribution in [3.05, 3.63) is 33.0 Å². The molecule has 2 N–H and O–H groups in total. The van der Waals surface area contributed by atoms with Crippen molar-refractivity contribution >= 4 is 17.2 Å². The molecule has 6 heteroatoms. The molecule has 20 heavy (non-hydrogen) atoms. The topological polar surface area (TPSA) is 70.7 Å². The number of nitrogens with one attached hydrogen (secondary N) is 2. The summed E-state index contributed by atoms with van der Waals surface area (Å²) in [5, 5.41) is 11.2. The van der Waals surface area contributed by atoms with Crippen LogP contribution in [-0.4, -0.2) is 27.1 Å². The third kappa shape index (κ3) is 2.75. The van der Waals surface area contributed by atoms with Gasteiger partial charge in [-0.2, -0.15) is 5.10 Å². The van der Waals surface area contributed by atoms with E-state index in [1.165, 1.54) is 5.56 Å². The van der Waals surface area contributed by atoms with Crippen LogP contribution in [0.3, 0.4) is 0 Å². The minimum Gasteiger partial charge on any atom is -0.353 e. The molecule has 2 aromatic rings. The normalized spacial score (nSPS) is 17.8. The second-order valence-electron chi connectivity index (χ2n) is 5.30. The molecule has 1 aliphatic carbocycles. The fourth-order valence-corrected chi connectivity index (χ4v) is 3.63. The van der Waals surface area contributed by atoms with Crippen LogP contribution >= 0.6 is 11.3 Å². The van der Waals surface area contributed by atoms with Gasteiger partial charge in [0.05, 0.1) is 23.3 Å². The monoisotopic (exact) mass is 290 g/mol. The number of fused-ring (bicyclic) bond motifs is 1. The number of hydrogen-bond donors (Lipinski definition) is 2. The maximum absolute atomic E-state index is 12.1. The number of rotatable bonds is 3. The van der Waals surface area contributed by atoms with Gasteiger partial charge in [-0.05, 0) is 32.3 Å². The average Bonchev–Trinajstić information content (AvgIpc) is 2.96. The summed E-state index contributed by atoms with van der Waals surface area (Å²) in [5.74, 6) is 0.0877. The van der Waals surface area contributed by atoms with Crippen LogP contribution in [0.15, 0.2) is 6.20 Å². The summed E-state index contributed by atoms with van der Waals surface area (Å²) in [6.45, 7) is 3.93. The van der Waals surface area contributed by atoms with Crippen molar-refractivity contribution in [1.29, 1.82) is 0 Å². The van der Waals surface area contributed by atoms with Gasteiger partial charge in [0, 0.05) is 23.0 Å². The Morgan fingerprint density at radius 2 is 2.40 bits per heavy atom. The van der Waals surface area contributed by atoms with Gasteiger partial charge in [0.25, 0.3) is 0 Å². The molecule has 0 saturated carbocycles. The highest BCUT2D eigenvalue weighted by Crippen LogP contribution is 2.20. The number of H-pyrrole nitrogens is 1. The summed E-state index contributed by atoms with van der Waals surface area (Å²) in [5.41, 5.74) is 3.41. The zero-order chi connectivity index (χ0) is 14.1. The maximum atomic E-state index is 12.1. The highest BCUT2D eigenvalue weighted by atomic mass is 32.1. The highest BCUT2D eigenvalue weighted by Gasteiger charge is 2.22. The SMILES string of the molecule is Cc1nc(C)c(CC(=O)N[C@H]2CCc3cn[nH]c3C2)s1. The number of hydrogen-bond acceptors (Lipinski definition) is 4. The van der Waals surface area contributed by atoms with E-state index in [9.17, 15) is 4.79 Å². The summed E-state index contributed by atoms with van der Waals surface area (Å²) in [4.78, 5) is 17.6. The van der Waals surface area contributed by atoms with Gasteiger partial charge in [-0.15, -0.1) is 11.3 Å². The first-order valence-corrected chi connectivity index (χ1v) is 7.67. The summed E-state index contributed by atoms with van der Waals surface area (Å²) in [6.07, 6.45) is 5.14. The third-order valence-electron chi connectivity index (χ3n) is 3.71. The lowest BCUT2D eigenvalue weighted by molar-refractivity contribution is -0.121. The van der Waals surface area contributed by atoms with Gasteiger partial charge in [-0.1, -0.05) is 0 Å². The quantitative estimate of drug-likeness (QED) is 0.904. The fraction of sp³-hybridized carbons (Fsp3) is 0.500. The van der Waals surface area contributed by atoms with Crippen molar-refractivity contribution in [3.63, 3.8) is 0 Å². The first kappa shape index (κ1) is 13.3. The predicted octanol–water partition coefficient (Wildman–Crippen LogP) is 1.70. The van der Waals surface area contributed by atoms with Gasteiger partial charge in [-0.25, -0.2) is 4.98 Å². The van der Waals surface area contributed by atoms with Crippen LogP contribution in [0.5, 0.6) is 0 Å². The van der Waals surface area contributed by atoms with Crippen LogP contribution in [-0.2, 0) is 24.1 Å². The van der Waals surface area contributed by atoms with Crippen molar-refractivity contribution in [2.45, 2.75) is 45.6 Å². The van der Waals surface area contributed by atoms with Crippen LogP contribution in [0.2, 0.25) is 0 Å². The Bertz CT molecular complexity index is 631. The van der Waals surface area contributed by atoms with Crippen LogP contribution < -0.4 is 5.32 Å². The standard InChI is InChI=1S/C14H18N4OS/c1-8-13(20-9(2)16-8)6-14(19)17-11-4-3-10-7-15-18-12(10)5-11/h7,11H,3-6H2,1-2H3,(H,15,18)(H,17,19)/t11-/m0/s1. The maximum Gasteiger partial charge on any atom is 0.225 e. The highest BCUT2D eigenvalue weighted by molar-refractivity contribution is 7.11. The molecule has 5 nitrogen and oxygen atoms in total. The lowest BCUT2D eigenvalue weighted by Gasteiger charge is -2.22. The molecule has 106 valence electrons. The Labute approximate surface area is 121 Å². The molecular weight excluding hydrogens is 272 g/mol. The van der Waals surface area contributed by atoms with Crippen molar-refractivity contribution < 1.29 is 4.79 Å². The number of aromatic amines is 1. The molecule has 0 aliphatic heterocycles. The number of carbonyl (C=O) groups excluding carboxylic acids is 1. The van der Waals surface area contributed by atoms with E-state index in [4.69, 9.17) is 0 Å². The average molecular weight is 290 g/mol. The molecule has 0 spiro atoms. The number of aryl methyl sites for hydroxylation is 3. The summed E-state index contributed by atoms with van der Waals surface area (Å²) in [6, 6.07) is 0.213. The minimum atomic E-state index is 0.0877. The van der Waals surface area contributed by atoms with Gasteiger partial charge in [0.1, 0.15) is 0 Å². The van der Waals surface area contributed by atoms with Gasteiger partial charge in [0.15, 0.2) is 0 Å². The predicted molar refractivity (Wildman–Crippen MR) is 77.8 cm³/mol. The molecule has 0 aromatic carbocycles. The van der Waals surface area contributed by atoms with Crippen molar-refractivity contribution in [2.75, 3.05) is 0 Å². The van der Waals surface area contributed by atoms with Gasteiger partial charge >= 0.3 is 0 Å². The largest absolute Gasteiger partial charge is 0.353 e. The number of carbonyl (C=O) groups is 1. The molecule has 0 saturated heterocycles. The van der Waals surface area contributed by atoms with E-state index in [2.05, 4.69) is 20.5 Å². The molecular formula is C14H18N4OS. The zero-order valence-corrected chi connectivity index (χ0v) is 12.5. The number of thiazole rings is 1. The lowest BCUT2D eigenvalue weighted by atomic mass is 9.93. The van der Waals surface area contributed by atoms with Crippen LogP contribution in [0.1, 0.15) is 33.3 Å². The first-order valence-electron chi connectivity index (χ1n) is 6.85. The summed E-state index contributed by atoms with van der Waals surface area (Å²) in [7, 11) is 0. The molecule has 1 aliphatic rings.